The Bertz CT molecular complexity index is 1020. The maximum atomic E-state index is 12.2. The number of pyridine rings is 1. The van der Waals surface area contributed by atoms with Crippen LogP contribution in [0.4, 0.5) is 5.69 Å². The summed E-state index contributed by atoms with van der Waals surface area (Å²) in [6.45, 7) is 0.0624. The fourth-order valence-corrected chi connectivity index (χ4v) is 2.71. The second-order valence-corrected chi connectivity index (χ2v) is 7.35. The van der Waals surface area contributed by atoms with Crippen molar-refractivity contribution in [3.05, 3.63) is 52.8 Å². The predicted molar refractivity (Wildman–Crippen MR) is 91.0 cm³/mol. The molecule has 0 unspecified atom stereocenters. The smallest absolute Gasteiger partial charge is 0.355 e. The molecule has 1 aromatic carbocycles. The van der Waals surface area contributed by atoms with E-state index in [9.17, 15) is 18.0 Å². The van der Waals surface area contributed by atoms with E-state index in [0.29, 0.717) is 5.56 Å². The van der Waals surface area contributed by atoms with Gasteiger partial charge in [0, 0.05) is 12.8 Å². The fourth-order valence-electron chi connectivity index (χ4n) is 2.08. The number of carbonyl (C=O) groups excluding carboxylic acids is 1. The van der Waals surface area contributed by atoms with E-state index in [1.165, 1.54) is 12.1 Å². The zero-order valence-electron chi connectivity index (χ0n) is 13.6. The molecule has 4 N–H and O–H groups in total. The summed E-state index contributed by atoms with van der Waals surface area (Å²) in [4.78, 5) is 27.1. The molecule has 2 rings (SSSR count). The molecule has 0 spiro atoms. The lowest BCUT2D eigenvalue weighted by Crippen LogP contribution is -2.25. The Balaban J connectivity index is 2.18. The number of aromatic carboxylic acids is 1. The number of nitrogen functional groups attached to an aromatic ring is 1. The lowest BCUT2D eigenvalue weighted by Gasteiger charge is -2.08. The van der Waals surface area contributed by atoms with Crippen LogP contribution in [0, 0.1) is 11.3 Å². The third-order valence-corrected chi connectivity index (χ3v) is 4.53. The van der Waals surface area contributed by atoms with Gasteiger partial charge in [-0.1, -0.05) is 12.1 Å². The van der Waals surface area contributed by atoms with E-state index in [-0.39, 0.29) is 28.4 Å². The highest BCUT2D eigenvalue weighted by Gasteiger charge is 2.19. The first-order chi connectivity index (χ1) is 12.1. The first-order valence-electron chi connectivity index (χ1n) is 7.14. The number of nitrogens with zero attached hydrogens (tertiary/aromatic N) is 2. The summed E-state index contributed by atoms with van der Waals surface area (Å²) in [6.07, 6.45) is 1.09. The number of carbonyl (C=O) groups is 2. The van der Waals surface area contributed by atoms with Gasteiger partial charge < -0.3 is 16.2 Å². The molecule has 0 saturated carbocycles. The van der Waals surface area contributed by atoms with Crippen molar-refractivity contribution in [1.82, 2.24) is 10.3 Å². The van der Waals surface area contributed by atoms with E-state index in [1.807, 2.05) is 0 Å². The summed E-state index contributed by atoms with van der Waals surface area (Å²) in [5.74, 6) is -2.16. The highest BCUT2D eigenvalue weighted by Crippen LogP contribution is 2.16. The number of amides is 1. The number of rotatable bonds is 5. The van der Waals surface area contributed by atoms with Crippen LogP contribution in [0.1, 0.15) is 32.1 Å². The highest BCUT2D eigenvalue weighted by atomic mass is 32.2. The third kappa shape index (κ3) is 4.14. The number of sulfone groups is 1. The van der Waals surface area contributed by atoms with Crippen LogP contribution in [-0.4, -0.2) is 36.6 Å². The molecule has 1 aromatic heterocycles. The number of nitrogens with one attached hydrogen (secondary N) is 1. The van der Waals surface area contributed by atoms with Gasteiger partial charge in [-0.3, -0.25) is 4.79 Å². The Morgan fingerprint density at radius 1 is 1.31 bits per heavy atom. The summed E-state index contributed by atoms with van der Waals surface area (Å²) in [5, 5.41) is 20.5. The van der Waals surface area contributed by atoms with Crippen molar-refractivity contribution in [1.29, 1.82) is 5.26 Å². The summed E-state index contributed by atoms with van der Waals surface area (Å²) in [6, 6.07) is 8.67. The maximum Gasteiger partial charge on any atom is 0.355 e. The van der Waals surface area contributed by atoms with E-state index in [2.05, 4.69) is 10.3 Å². The van der Waals surface area contributed by atoms with Crippen LogP contribution in [0.2, 0.25) is 0 Å². The summed E-state index contributed by atoms with van der Waals surface area (Å²) >= 11 is 0. The van der Waals surface area contributed by atoms with E-state index < -0.39 is 27.4 Å². The molecule has 2 aromatic rings. The number of carboxylic acids is 1. The zero-order chi connectivity index (χ0) is 19.5. The molecule has 1 amide bonds. The minimum absolute atomic E-state index is 0.0624. The molecule has 0 aliphatic rings. The van der Waals surface area contributed by atoms with Gasteiger partial charge in [0.1, 0.15) is 17.3 Å². The van der Waals surface area contributed by atoms with Crippen molar-refractivity contribution in [2.75, 3.05) is 12.0 Å². The standard InChI is InChI=1S/C16H14N4O5S/c1-26(24,25)10-4-2-9(3-5-10)8-19-15(21)13-6-12(18)11(7-17)14(20-13)16(22)23/h2-6H,8H2,1H3,(H2,18,20)(H,19,21)(H,22,23). The van der Waals surface area contributed by atoms with Crippen molar-refractivity contribution in [2.24, 2.45) is 0 Å². The molecular weight excluding hydrogens is 360 g/mol. The van der Waals surface area contributed by atoms with Gasteiger partial charge in [0.15, 0.2) is 15.5 Å². The molecule has 0 saturated heterocycles. The predicted octanol–water partition coefficient (Wildman–Crippen LogP) is 0.567. The van der Waals surface area contributed by atoms with Gasteiger partial charge in [0.2, 0.25) is 0 Å². The van der Waals surface area contributed by atoms with Gasteiger partial charge in [0.05, 0.1) is 10.6 Å². The van der Waals surface area contributed by atoms with E-state index in [0.717, 1.165) is 12.3 Å². The van der Waals surface area contributed by atoms with E-state index in [1.54, 1.807) is 18.2 Å². The molecule has 0 fully saturated rings. The number of carboxylic acid groups (broad SMARTS) is 1. The van der Waals surface area contributed by atoms with Crippen LogP contribution >= 0.6 is 0 Å². The van der Waals surface area contributed by atoms with Crippen molar-refractivity contribution in [3.8, 4) is 6.07 Å². The average Bonchev–Trinajstić information content (AvgIpc) is 2.58. The number of hydrogen-bond acceptors (Lipinski definition) is 7. The van der Waals surface area contributed by atoms with Crippen molar-refractivity contribution < 1.29 is 23.1 Å². The van der Waals surface area contributed by atoms with Crippen molar-refractivity contribution >= 4 is 27.4 Å². The number of anilines is 1. The van der Waals surface area contributed by atoms with Gasteiger partial charge in [-0.2, -0.15) is 5.26 Å². The summed E-state index contributed by atoms with van der Waals surface area (Å²) in [7, 11) is -3.31. The summed E-state index contributed by atoms with van der Waals surface area (Å²) in [5.41, 5.74) is 4.92. The number of nitriles is 1. The Hall–Kier alpha value is -3.45. The number of hydrogen-bond donors (Lipinski definition) is 3. The molecule has 10 heteroatoms. The average molecular weight is 374 g/mol. The van der Waals surface area contributed by atoms with Crippen molar-refractivity contribution in [2.45, 2.75) is 11.4 Å². The van der Waals surface area contributed by atoms with E-state index in [4.69, 9.17) is 16.1 Å². The second-order valence-electron chi connectivity index (χ2n) is 5.34. The van der Waals surface area contributed by atoms with Gasteiger partial charge in [-0.05, 0) is 23.8 Å². The molecular formula is C16H14N4O5S. The van der Waals surface area contributed by atoms with Gasteiger partial charge in [-0.15, -0.1) is 0 Å². The SMILES string of the molecule is CS(=O)(=O)c1ccc(CNC(=O)c2cc(N)c(C#N)c(C(=O)O)n2)cc1. The van der Waals surface area contributed by atoms with Crippen molar-refractivity contribution in [3.63, 3.8) is 0 Å². The third-order valence-electron chi connectivity index (χ3n) is 3.40. The Labute approximate surface area is 149 Å². The minimum Gasteiger partial charge on any atom is -0.476 e. The molecule has 0 aliphatic carbocycles. The number of nitrogens with two attached hydrogens (primary N) is 1. The highest BCUT2D eigenvalue weighted by molar-refractivity contribution is 7.90. The number of benzene rings is 1. The number of aromatic nitrogens is 1. The topological polar surface area (TPSA) is 163 Å². The van der Waals surface area contributed by atoms with Crippen LogP contribution in [0.15, 0.2) is 35.2 Å². The molecule has 1 heterocycles. The summed E-state index contributed by atoms with van der Waals surface area (Å²) < 4.78 is 22.8. The first kappa shape index (κ1) is 18.9. The van der Waals surface area contributed by atoms with Gasteiger partial charge in [-0.25, -0.2) is 18.2 Å². The quantitative estimate of drug-likeness (QED) is 0.683. The van der Waals surface area contributed by atoms with Crippen LogP contribution in [0.25, 0.3) is 0 Å². The maximum absolute atomic E-state index is 12.2. The minimum atomic E-state index is -3.31. The largest absolute Gasteiger partial charge is 0.476 e. The molecule has 0 aliphatic heterocycles. The van der Waals surface area contributed by atoms with Crippen LogP contribution < -0.4 is 11.1 Å². The Morgan fingerprint density at radius 3 is 2.42 bits per heavy atom. The molecule has 26 heavy (non-hydrogen) atoms. The molecule has 0 bridgehead atoms. The molecule has 0 atom stereocenters. The molecule has 9 nitrogen and oxygen atoms in total. The van der Waals surface area contributed by atoms with Crippen LogP contribution in [0.3, 0.4) is 0 Å². The lowest BCUT2D eigenvalue weighted by molar-refractivity contribution is 0.0690. The molecule has 134 valence electrons. The van der Waals surface area contributed by atoms with Crippen LogP contribution in [0.5, 0.6) is 0 Å². The lowest BCUT2D eigenvalue weighted by atomic mass is 10.1. The monoisotopic (exact) mass is 374 g/mol. The second kappa shape index (κ2) is 7.20. The Morgan fingerprint density at radius 2 is 1.92 bits per heavy atom. The Kier molecular flexibility index (Phi) is 5.23. The first-order valence-corrected chi connectivity index (χ1v) is 9.03. The molecule has 0 radical (unpaired) electrons. The van der Waals surface area contributed by atoms with Gasteiger partial charge >= 0.3 is 5.97 Å². The zero-order valence-corrected chi connectivity index (χ0v) is 14.4. The fraction of sp³-hybridized carbons (Fsp3) is 0.125. The van der Waals surface area contributed by atoms with Crippen LogP contribution in [-0.2, 0) is 16.4 Å². The normalized spacial score (nSPS) is 10.8. The van der Waals surface area contributed by atoms with Gasteiger partial charge in [0.25, 0.3) is 5.91 Å². The van der Waals surface area contributed by atoms with E-state index >= 15 is 0 Å².